The molecule has 4 N–H and O–H groups in total. The number of diazo groups is 1. The van der Waals surface area contributed by atoms with Crippen LogP contribution >= 0.6 is 0 Å². The number of halogens is 1. The molecular weight excluding hydrogens is 236 g/mol. The van der Waals surface area contributed by atoms with Crippen LogP contribution in [0, 0.1) is 5.39 Å². The van der Waals surface area contributed by atoms with E-state index in [0.717, 1.165) is 11.1 Å². The van der Waals surface area contributed by atoms with Crippen LogP contribution in [0.3, 0.4) is 0 Å². The molecule has 0 spiro atoms. The summed E-state index contributed by atoms with van der Waals surface area (Å²) in [6.07, 6.45) is 0. The maximum Gasteiger partial charge on any atom is 0.394 e. The normalized spacial score (nSPS) is 9.12. The van der Waals surface area contributed by atoms with Crippen molar-refractivity contribution in [3.63, 3.8) is 0 Å². The highest BCUT2D eigenvalue weighted by Crippen LogP contribution is 2.32. The molecule has 86 valence electrons. The van der Waals surface area contributed by atoms with Crippen LogP contribution in [0.5, 0.6) is 0 Å². The van der Waals surface area contributed by atoms with Crippen LogP contribution in [0.15, 0.2) is 42.5 Å². The highest BCUT2D eigenvalue weighted by atomic mass is 35.5. The molecule has 5 heteroatoms. The summed E-state index contributed by atoms with van der Waals surface area (Å²) in [6.45, 7) is 0. The standard InChI is InChI=1S/C12H10N4.ClH/c13-9-3-1-8(2-4-9)11-6-5-10(14)7-12(11)16-15;/h1-7,13-15H;1H. The second kappa shape index (κ2) is 5.19. The molecule has 0 amide bonds. The van der Waals surface area contributed by atoms with Gasteiger partial charge in [-0.3, -0.25) is 0 Å². The number of hydrogen-bond acceptors (Lipinski definition) is 3. The molecule has 0 aliphatic heterocycles. The summed E-state index contributed by atoms with van der Waals surface area (Å²) in [5.74, 6) is 0. The molecule has 2 aromatic rings. The Morgan fingerprint density at radius 1 is 0.882 bits per heavy atom. The lowest BCUT2D eigenvalue weighted by atomic mass is 10.0. The molecule has 0 atom stereocenters. The van der Waals surface area contributed by atoms with E-state index in [0.29, 0.717) is 17.1 Å². The maximum absolute atomic E-state index is 8.90. The Morgan fingerprint density at radius 2 is 1.47 bits per heavy atom. The Balaban J connectivity index is 0.00000144. The molecule has 2 aromatic carbocycles. The first kappa shape index (κ1) is 12.8. The van der Waals surface area contributed by atoms with E-state index >= 15 is 0 Å². The van der Waals surface area contributed by atoms with Gasteiger partial charge in [-0.1, -0.05) is 12.1 Å². The second-order valence-electron chi connectivity index (χ2n) is 3.50. The number of nitrogens with zero attached hydrogens (tertiary/aromatic N) is 2. The number of nitrogen functional groups attached to an aromatic ring is 2. The maximum atomic E-state index is 8.90. The molecule has 2 rings (SSSR count). The number of benzene rings is 2. The molecule has 0 radical (unpaired) electrons. The lowest BCUT2D eigenvalue weighted by molar-refractivity contribution is -0.00000346. The van der Waals surface area contributed by atoms with Crippen LogP contribution in [0.1, 0.15) is 0 Å². The topological polar surface area (TPSA) is 80.2 Å². The summed E-state index contributed by atoms with van der Waals surface area (Å²) in [7, 11) is 0. The smallest absolute Gasteiger partial charge is 0.394 e. The lowest BCUT2D eigenvalue weighted by Crippen LogP contribution is -3.00. The SMILES string of the molecule is N#[N+]c1cc(N)ccc1-c1ccc(N)cc1.[Cl-]. The molecule has 17 heavy (non-hydrogen) atoms. The predicted molar refractivity (Wildman–Crippen MR) is 65.4 cm³/mol. The van der Waals surface area contributed by atoms with Crippen LogP contribution in [0.4, 0.5) is 17.1 Å². The van der Waals surface area contributed by atoms with E-state index in [2.05, 4.69) is 4.98 Å². The van der Waals surface area contributed by atoms with Gasteiger partial charge in [0.1, 0.15) is 0 Å². The van der Waals surface area contributed by atoms with Crippen molar-refractivity contribution in [3.8, 4) is 11.1 Å². The van der Waals surface area contributed by atoms with Crippen molar-refractivity contribution >= 4 is 17.1 Å². The fraction of sp³-hybridized carbons (Fsp3) is 0. The minimum atomic E-state index is 0. The molecule has 0 saturated carbocycles. The fourth-order valence-electron chi connectivity index (χ4n) is 1.54. The van der Waals surface area contributed by atoms with Crippen LogP contribution in [-0.4, -0.2) is 0 Å². The summed E-state index contributed by atoms with van der Waals surface area (Å²) >= 11 is 0. The number of nitrogens with two attached hydrogens (primary N) is 2. The van der Waals surface area contributed by atoms with Gasteiger partial charge in [-0.2, -0.15) is 0 Å². The first-order valence-electron chi connectivity index (χ1n) is 4.81. The van der Waals surface area contributed by atoms with Gasteiger partial charge in [0.25, 0.3) is 0 Å². The predicted octanol–water partition coefficient (Wildman–Crippen LogP) is 0.00658. The quantitative estimate of drug-likeness (QED) is 0.549. The Morgan fingerprint density at radius 3 is 2.06 bits per heavy atom. The van der Waals surface area contributed by atoms with Gasteiger partial charge in [-0.15, -0.1) is 0 Å². The largest absolute Gasteiger partial charge is 1.00 e. The van der Waals surface area contributed by atoms with Crippen molar-refractivity contribution in [3.05, 3.63) is 47.4 Å². The summed E-state index contributed by atoms with van der Waals surface area (Å²) in [4.78, 5) is 3.22. The minimum Gasteiger partial charge on any atom is -1.00 e. The average molecular weight is 247 g/mol. The first-order chi connectivity index (χ1) is 7.70. The summed E-state index contributed by atoms with van der Waals surface area (Å²) in [5, 5.41) is 8.90. The zero-order valence-electron chi connectivity index (χ0n) is 8.97. The fourth-order valence-corrected chi connectivity index (χ4v) is 1.54. The average Bonchev–Trinajstić information content (AvgIpc) is 2.30. The van der Waals surface area contributed by atoms with Gasteiger partial charge in [0.05, 0.1) is 11.6 Å². The van der Waals surface area contributed by atoms with Crippen molar-refractivity contribution in [1.82, 2.24) is 0 Å². The van der Waals surface area contributed by atoms with E-state index < -0.39 is 0 Å². The summed E-state index contributed by atoms with van der Waals surface area (Å²) < 4.78 is 0. The van der Waals surface area contributed by atoms with E-state index in [4.69, 9.17) is 16.9 Å². The molecule has 0 bridgehead atoms. The van der Waals surface area contributed by atoms with Crippen LogP contribution in [0.25, 0.3) is 16.1 Å². The van der Waals surface area contributed by atoms with Crippen molar-refractivity contribution in [2.24, 2.45) is 0 Å². The van der Waals surface area contributed by atoms with Crippen molar-refractivity contribution in [1.29, 1.82) is 5.39 Å². The van der Waals surface area contributed by atoms with Crippen LogP contribution in [-0.2, 0) is 0 Å². The van der Waals surface area contributed by atoms with Gasteiger partial charge in [-0.05, 0) is 29.8 Å². The molecule has 0 unspecified atom stereocenters. The van der Waals surface area contributed by atoms with Crippen LogP contribution in [0.2, 0.25) is 0 Å². The summed E-state index contributed by atoms with van der Waals surface area (Å²) in [5.41, 5.74) is 14.7. The van der Waals surface area contributed by atoms with Gasteiger partial charge in [0, 0.05) is 11.4 Å². The second-order valence-corrected chi connectivity index (χ2v) is 3.50. The van der Waals surface area contributed by atoms with E-state index in [-0.39, 0.29) is 12.4 Å². The van der Waals surface area contributed by atoms with Gasteiger partial charge in [-0.25, -0.2) is 0 Å². The van der Waals surface area contributed by atoms with Gasteiger partial charge >= 0.3 is 5.69 Å². The highest BCUT2D eigenvalue weighted by Gasteiger charge is 2.15. The Hall–Kier alpha value is -2.25. The molecule has 0 aliphatic rings. The Labute approximate surface area is 105 Å². The third-order valence-electron chi connectivity index (χ3n) is 2.35. The molecule has 4 nitrogen and oxygen atoms in total. The number of rotatable bonds is 1. The zero-order chi connectivity index (χ0) is 11.5. The third-order valence-corrected chi connectivity index (χ3v) is 2.35. The number of hydrogen-bond donors (Lipinski definition) is 2. The van der Waals surface area contributed by atoms with Crippen molar-refractivity contribution < 1.29 is 12.4 Å². The van der Waals surface area contributed by atoms with E-state index in [1.54, 1.807) is 24.3 Å². The minimum absolute atomic E-state index is 0. The van der Waals surface area contributed by atoms with Crippen molar-refractivity contribution in [2.45, 2.75) is 0 Å². The lowest BCUT2D eigenvalue weighted by Gasteiger charge is -2.00. The Kier molecular flexibility index (Phi) is 3.91. The van der Waals surface area contributed by atoms with E-state index in [1.807, 2.05) is 18.2 Å². The number of anilines is 2. The highest BCUT2D eigenvalue weighted by molar-refractivity contribution is 5.81. The zero-order valence-corrected chi connectivity index (χ0v) is 9.72. The molecule has 0 saturated heterocycles. The third kappa shape index (κ3) is 2.65. The first-order valence-corrected chi connectivity index (χ1v) is 4.81. The van der Waals surface area contributed by atoms with E-state index in [1.165, 1.54) is 0 Å². The van der Waals surface area contributed by atoms with Gasteiger partial charge < -0.3 is 23.9 Å². The van der Waals surface area contributed by atoms with Gasteiger partial charge in [0.2, 0.25) is 5.39 Å². The summed E-state index contributed by atoms with van der Waals surface area (Å²) in [6, 6.07) is 12.5. The Bertz CT molecular complexity index is 558. The molecule has 0 heterocycles. The van der Waals surface area contributed by atoms with Crippen molar-refractivity contribution in [2.75, 3.05) is 11.5 Å². The van der Waals surface area contributed by atoms with Crippen LogP contribution < -0.4 is 23.9 Å². The molecular formula is C12H11ClN4. The van der Waals surface area contributed by atoms with Gasteiger partial charge in [0.15, 0.2) is 4.98 Å². The molecule has 0 fully saturated rings. The molecule has 0 aromatic heterocycles. The molecule has 0 aliphatic carbocycles. The van der Waals surface area contributed by atoms with E-state index in [9.17, 15) is 0 Å². The monoisotopic (exact) mass is 246 g/mol.